The van der Waals surface area contributed by atoms with Crippen LogP contribution in [0, 0.1) is 12.7 Å². The summed E-state index contributed by atoms with van der Waals surface area (Å²) in [6.45, 7) is 1.76. The summed E-state index contributed by atoms with van der Waals surface area (Å²) in [5, 5.41) is 15.2. The van der Waals surface area contributed by atoms with Crippen molar-refractivity contribution in [2.24, 2.45) is 7.05 Å². The zero-order valence-electron chi connectivity index (χ0n) is 21.9. The van der Waals surface area contributed by atoms with E-state index in [0.29, 0.717) is 29.1 Å². The van der Waals surface area contributed by atoms with E-state index >= 15 is 4.39 Å². The number of carbonyl (C=O) groups is 2. The van der Waals surface area contributed by atoms with Gasteiger partial charge in [-0.25, -0.2) is 4.39 Å². The predicted molar refractivity (Wildman–Crippen MR) is 144 cm³/mol. The molecule has 1 fully saturated rings. The third kappa shape index (κ3) is 4.50. The number of benzene rings is 2. The molecular formula is C30H26ClFN4O4. The number of nitrogens with zero attached hydrogens (tertiary/aromatic N) is 4. The summed E-state index contributed by atoms with van der Waals surface area (Å²) in [6.07, 6.45) is 5.67. The van der Waals surface area contributed by atoms with E-state index in [0.717, 1.165) is 11.6 Å². The van der Waals surface area contributed by atoms with Crippen LogP contribution in [0.2, 0.25) is 5.02 Å². The number of aryl methyl sites for hydroxylation is 2. The molecule has 1 atom stereocenters. The van der Waals surface area contributed by atoms with E-state index in [9.17, 15) is 14.7 Å². The van der Waals surface area contributed by atoms with Crippen LogP contribution in [-0.2, 0) is 24.1 Å². The molecule has 1 aliphatic heterocycles. The molecule has 204 valence electrons. The number of hydrogen-bond acceptors (Lipinski definition) is 6. The Kier molecular flexibility index (Phi) is 6.33. The van der Waals surface area contributed by atoms with Crippen LogP contribution in [0.4, 0.5) is 4.39 Å². The normalized spacial score (nSPS) is 19.1. The van der Waals surface area contributed by atoms with Gasteiger partial charge >= 0.3 is 0 Å². The van der Waals surface area contributed by atoms with E-state index in [1.165, 1.54) is 28.0 Å². The van der Waals surface area contributed by atoms with Gasteiger partial charge in [-0.2, -0.15) is 5.10 Å². The van der Waals surface area contributed by atoms with Gasteiger partial charge in [-0.15, -0.1) is 0 Å². The lowest BCUT2D eigenvalue weighted by atomic mass is 9.90. The van der Waals surface area contributed by atoms with Crippen molar-refractivity contribution in [3.63, 3.8) is 0 Å². The van der Waals surface area contributed by atoms with E-state index in [-0.39, 0.29) is 35.4 Å². The van der Waals surface area contributed by atoms with Gasteiger partial charge in [0.05, 0.1) is 47.3 Å². The molecule has 1 N–H and O–H groups in total. The van der Waals surface area contributed by atoms with Gasteiger partial charge in [0.1, 0.15) is 5.82 Å². The first kappa shape index (κ1) is 26.3. The summed E-state index contributed by atoms with van der Waals surface area (Å²) in [5.74, 6) is -1.78. The average Bonchev–Trinajstić information content (AvgIpc) is 3.43. The first-order chi connectivity index (χ1) is 19.1. The van der Waals surface area contributed by atoms with Gasteiger partial charge in [0, 0.05) is 35.6 Å². The Labute approximate surface area is 235 Å². The maximum Gasteiger partial charge on any atom is 0.257 e. The fourth-order valence-corrected chi connectivity index (χ4v) is 5.18. The Morgan fingerprint density at radius 2 is 1.88 bits per heavy atom. The van der Waals surface area contributed by atoms with E-state index in [4.69, 9.17) is 16.3 Å². The monoisotopic (exact) mass is 560 g/mol. The number of halogens is 2. The number of aliphatic hydroxyl groups is 1. The van der Waals surface area contributed by atoms with Crippen molar-refractivity contribution in [2.45, 2.75) is 37.6 Å². The van der Waals surface area contributed by atoms with Crippen LogP contribution < -0.4 is 0 Å². The molecule has 1 amide bonds. The van der Waals surface area contributed by atoms with E-state index in [1.54, 1.807) is 43.6 Å². The molecule has 4 aromatic rings. The zero-order valence-corrected chi connectivity index (χ0v) is 22.7. The second-order valence-electron chi connectivity index (χ2n) is 10.5. The minimum Gasteiger partial charge on any atom is -0.387 e. The lowest BCUT2D eigenvalue weighted by Gasteiger charge is -2.40. The summed E-state index contributed by atoms with van der Waals surface area (Å²) in [7, 11) is 1.67. The second-order valence-corrected chi connectivity index (χ2v) is 10.9. The summed E-state index contributed by atoms with van der Waals surface area (Å²) in [4.78, 5) is 33.3. The Bertz CT molecular complexity index is 1630. The molecule has 3 heterocycles. The van der Waals surface area contributed by atoms with Crippen LogP contribution in [0.1, 0.15) is 61.5 Å². The molecule has 2 aromatic heterocycles. The summed E-state index contributed by atoms with van der Waals surface area (Å²) >= 11 is 6.19. The van der Waals surface area contributed by atoms with Gasteiger partial charge in [0.15, 0.2) is 11.5 Å². The molecule has 1 saturated carbocycles. The zero-order chi connectivity index (χ0) is 28.2. The van der Waals surface area contributed by atoms with Crippen LogP contribution in [0.25, 0.3) is 0 Å². The first-order valence-electron chi connectivity index (χ1n) is 12.8. The highest BCUT2D eigenvalue weighted by Crippen LogP contribution is 2.49. The minimum atomic E-state index is -1.75. The Hall–Kier alpha value is -3.92. The SMILES string of the molecule is Cc1ccc(CN2C(=O)c3cc(C(=O)c4cnn(C)c4)cc(F)c3[C@]2(OCC2(O)CC2)c2ccc(Cl)cc2)nc1. The van der Waals surface area contributed by atoms with Gasteiger partial charge in [-0.3, -0.25) is 24.2 Å². The lowest BCUT2D eigenvalue weighted by Crippen LogP contribution is -2.48. The van der Waals surface area contributed by atoms with Crippen LogP contribution >= 0.6 is 11.6 Å². The highest BCUT2D eigenvalue weighted by molar-refractivity contribution is 6.30. The number of aromatic nitrogens is 3. The molecular weight excluding hydrogens is 535 g/mol. The van der Waals surface area contributed by atoms with Gasteiger partial charge in [-0.1, -0.05) is 29.8 Å². The molecule has 0 unspecified atom stereocenters. The maximum atomic E-state index is 16.3. The van der Waals surface area contributed by atoms with Gasteiger partial charge in [0.25, 0.3) is 5.91 Å². The van der Waals surface area contributed by atoms with Crippen LogP contribution in [0.3, 0.4) is 0 Å². The number of hydrogen-bond donors (Lipinski definition) is 1. The molecule has 40 heavy (non-hydrogen) atoms. The highest BCUT2D eigenvalue weighted by atomic mass is 35.5. The van der Waals surface area contributed by atoms with E-state index in [1.807, 2.05) is 13.0 Å². The number of carbonyl (C=O) groups excluding carboxylic acids is 2. The smallest absolute Gasteiger partial charge is 0.257 e. The molecule has 2 aliphatic rings. The lowest BCUT2D eigenvalue weighted by molar-refractivity contribution is -0.139. The summed E-state index contributed by atoms with van der Waals surface area (Å²) in [5.41, 5.74) is -0.607. The van der Waals surface area contributed by atoms with Crippen molar-refractivity contribution in [3.8, 4) is 0 Å². The number of fused-ring (bicyclic) bond motifs is 1. The van der Waals surface area contributed by atoms with E-state index < -0.39 is 28.8 Å². The quantitative estimate of drug-likeness (QED) is 0.318. The summed E-state index contributed by atoms with van der Waals surface area (Å²) in [6, 6.07) is 12.8. The van der Waals surface area contributed by atoms with Crippen LogP contribution in [-0.4, -0.2) is 48.7 Å². The highest BCUT2D eigenvalue weighted by Gasteiger charge is 2.56. The standard InChI is InChI=1S/C30H26ClFN4O4/c1-18-3-8-23(33-13-18)16-36-28(38)24-11-19(27(37)20-14-34-35(2)15-20)12-25(32)26(24)30(36,40-17-29(39)9-10-29)21-4-6-22(31)7-5-21/h3-8,11-15,39H,9-10,16-17H2,1-2H3/t30-/m1/s1. The van der Waals surface area contributed by atoms with Crippen molar-refractivity contribution in [1.29, 1.82) is 0 Å². The van der Waals surface area contributed by atoms with Crippen molar-refractivity contribution in [2.75, 3.05) is 6.61 Å². The molecule has 0 spiro atoms. The average molecular weight is 561 g/mol. The first-order valence-corrected chi connectivity index (χ1v) is 13.2. The molecule has 0 radical (unpaired) electrons. The van der Waals surface area contributed by atoms with Crippen molar-refractivity contribution < 1.29 is 23.8 Å². The number of pyridine rings is 1. The fraction of sp³-hybridized carbons (Fsp3) is 0.267. The predicted octanol–water partition coefficient (Wildman–Crippen LogP) is 4.55. The van der Waals surface area contributed by atoms with Crippen LogP contribution in [0.15, 0.2) is 67.1 Å². The molecule has 10 heteroatoms. The molecule has 1 aliphatic carbocycles. The van der Waals surface area contributed by atoms with Gasteiger partial charge in [-0.05, 0) is 55.7 Å². The van der Waals surface area contributed by atoms with Gasteiger partial charge < -0.3 is 9.84 Å². The fourth-order valence-electron chi connectivity index (χ4n) is 5.05. The topological polar surface area (TPSA) is 97.6 Å². The molecule has 0 saturated heterocycles. The second kappa shape index (κ2) is 9.62. The Morgan fingerprint density at radius 3 is 2.50 bits per heavy atom. The third-order valence-corrected chi connectivity index (χ3v) is 7.67. The summed E-state index contributed by atoms with van der Waals surface area (Å²) < 4.78 is 24.3. The minimum absolute atomic E-state index is 0.00270. The molecule has 6 rings (SSSR count). The van der Waals surface area contributed by atoms with Gasteiger partial charge in [0.2, 0.25) is 0 Å². The van der Waals surface area contributed by atoms with Crippen molar-refractivity contribution in [3.05, 3.63) is 117 Å². The molecule has 0 bridgehead atoms. The number of amides is 1. The number of ether oxygens (including phenoxy) is 1. The molecule has 2 aromatic carbocycles. The molecule has 8 nitrogen and oxygen atoms in total. The Morgan fingerprint density at radius 1 is 1.12 bits per heavy atom. The number of rotatable bonds is 8. The van der Waals surface area contributed by atoms with E-state index in [2.05, 4.69) is 10.1 Å². The Balaban J connectivity index is 1.55. The van der Waals surface area contributed by atoms with Crippen molar-refractivity contribution in [1.82, 2.24) is 19.7 Å². The third-order valence-electron chi connectivity index (χ3n) is 7.42. The van der Waals surface area contributed by atoms with Crippen molar-refractivity contribution >= 4 is 23.3 Å². The maximum absolute atomic E-state index is 16.3. The largest absolute Gasteiger partial charge is 0.387 e. The number of ketones is 1. The van der Waals surface area contributed by atoms with Crippen LogP contribution in [0.5, 0.6) is 0 Å².